The second-order valence-corrected chi connectivity index (χ2v) is 9.05. The summed E-state index contributed by atoms with van der Waals surface area (Å²) in [5.74, 6) is 2.60. The number of rotatable bonds is 5. The number of benzene rings is 1. The van der Waals surface area contributed by atoms with E-state index in [1.807, 2.05) is 18.2 Å². The van der Waals surface area contributed by atoms with Gasteiger partial charge >= 0.3 is 0 Å². The van der Waals surface area contributed by atoms with E-state index >= 15 is 0 Å². The number of anilines is 3. The van der Waals surface area contributed by atoms with Crippen molar-refractivity contribution in [1.29, 1.82) is 0 Å². The van der Waals surface area contributed by atoms with Gasteiger partial charge < -0.3 is 20.4 Å². The highest BCUT2D eigenvalue weighted by Crippen LogP contribution is 2.28. The molecule has 1 unspecified atom stereocenters. The first-order chi connectivity index (χ1) is 15.2. The summed E-state index contributed by atoms with van der Waals surface area (Å²) >= 11 is 5.55. The third-order valence-corrected chi connectivity index (χ3v) is 6.49. The topological polar surface area (TPSA) is 56.3 Å². The van der Waals surface area contributed by atoms with E-state index in [1.165, 1.54) is 50.5 Å². The van der Waals surface area contributed by atoms with Crippen molar-refractivity contribution in [1.82, 2.24) is 15.3 Å². The van der Waals surface area contributed by atoms with Gasteiger partial charge in [-0.3, -0.25) is 0 Å². The maximum Gasteiger partial charge on any atom is 0.232 e. The van der Waals surface area contributed by atoms with Crippen molar-refractivity contribution < 1.29 is 0 Å². The molecule has 2 aliphatic rings. The Bertz CT molecular complexity index is 850. The molecule has 1 aromatic heterocycles. The van der Waals surface area contributed by atoms with Gasteiger partial charge in [0, 0.05) is 38.3 Å². The van der Waals surface area contributed by atoms with Crippen molar-refractivity contribution in [3.8, 4) is 0 Å². The fourth-order valence-corrected chi connectivity index (χ4v) is 4.61. The lowest BCUT2D eigenvalue weighted by Gasteiger charge is -2.35. The second-order valence-electron chi connectivity index (χ2n) is 8.64. The maximum atomic E-state index is 5.55. The molecule has 166 valence electrons. The third kappa shape index (κ3) is 6.06. The van der Waals surface area contributed by atoms with E-state index in [4.69, 9.17) is 22.2 Å². The molecule has 0 amide bonds. The quantitative estimate of drug-likeness (QED) is 0.655. The predicted molar refractivity (Wildman–Crippen MR) is 133 cm³/mol. The largest absolute Gasteiger partial charge is 0.358 e. The highest BCUT2D eigenvalue weighted by molar-refractivity contribution is 7.80. The van der Waals surface area contributed by atoms with Crippen LogP contribution in [0, 0.1) is 0 Å². The minimum Gasteiger partial charge on any atom is -0.358 e. The summed E-state index contributed by atoms with van der Waals surface area (Å²) in [6, 6.07) is 12.9. The molecule has 0 spiro atoms. The smallest absolute Gasteiger partial charge is 0.232 e. The summed E-state index contributed by atoms with van der Waals surface area (Å²) in [6.07, 6.45) is 8.77. The molecule has 3 heterocycles. The zero-order valence-corrected chi connectivity index (χ0v) is 19.3. The Hall–Kier alpha value is -2.41. The van der Waals surface area contributed by atoms with Crippen molar-refractivity contribution in [2.24, 2.45) is 0 Å². The molecular formula is C24H34N6S. The molecule has 1 aromatic carbocycles. The van der Waals surface area contributed by atoms with Crippen LogP contribution in [0.2, 0.25) is 0 Å². The van der Waals surface area contributed by atoms with Gasteiger partial charge in [-0.25, -0.2) is 0 Å². The Kier molecular flexibility index (Phi) is 7.57. The Morgan fingerprint density at radius 1 is 0.968 bits per heavy atom. The zero-order valence-electron chi connectivity index (χ0n) is 18.5. The van der Waals surface area contributed by atoms with E-state index in [2.05, 4.69) is 45.6 Å². The number of piperidine rings is 1. The molecule has 4 rings (SSSR count). The van der Waals surface area contributed by atoms with Crippen LogP contribution in [-0.2, 0) is 6.54 Å². The average molecular weight is 439 g/mol. The Morgan fingerprint density at radius 2 is 1.68 bits per heavy atom. The molecule has 7 heteroatoms. The summed E-state index contributed by atoms with van der Waals surface area (Å²) in [4.78, 5) is 14.6. The molecule has 0 bridgehead atoms. The first-order valence-corrected chi connectivity index (χ1v) is 12.1. The first-order valence-electron chi connectivity index (χ1n) is 11.7. The van der Waals surface area contributed by atoms with Crippen molar-refractivity contribution in [2.45, 2.75) is 64.5 Å². The van der Waals surface area contributed by atoms with Crippen molar-refractivity contribution in [2.75, 3.05) is 34.8 Å². The van der Waals surface area contributed by atoms with Gasteiger partial charge in [0.1, 0.15) is 11.6 Å². The highest BCUT2D eigenvalue weighted by Gasteiger charge is 2.22. The van der Waals surface area contributed by atoms with E-state index in [1.54, 1.807) is 0 Å². The molecule has 31 heavy (non-hydrogen) atoms. The monoisotopic (exact) mass is 438 g/mol. The normalized spacial score (nSPS) is 19.6. The van der Waals surface area contributed by atoms with Crippen LogP contribution in [0.15, 0.2) is 36.4 Å². The number of hydrogen-bond donors (Lipinski definition) is 2. The number of thiocarbonyl (C=S) groups is 1. The predicted octanol–water partition coefficient (Wildman–Crippen LogP) is 4.72. The minimum absolute atomic E-state index is 0.497. The van der Waals surface area contributed by atoms with E-state index in [0.717, 1.165) is 31.3 Å². The van der Waals surface area contributed by atoms with Gasteiger partial charge in [-0.1, -0.05) is 43.2 Å². The second kappa shape index (κ2) is 10.8. The zero-order chi connectivity index (χ0) is 21.5. The minimum atomic E-state index is 0.497. The van der Waals surface area contributed by atoms with Crippen LogP contribution in [0.1, 0.15) is 57.4 Å². The Labute approximate surface area is 191 Å². The number of nitrogens with one attached hydrogen (secondary N) is 2. The van der Waals surface area contributed by atoms with E-state index in [0.29, 0.717) is 23.6 Å². The third-order valence-electron chi connectivity index (χ3n) is 6.25. The van der Waals surface area contributed by atoms with Gasteiger partial charge in [0.05, 0.1) is 0 Å². The van der Waals surface area contributed by atoms with Crippen molar-refractivity contribution in [3.63, 3.8) is 0 Å². The van der Waals surface area contributed by atoms with Gasteiger partial charge in [0.25, 0.3) is 0 Å². The number of hydrogen-bond acceptors (Lipinski definition) is 5. The molecule has 2 aliphatic heterocycles. The van der Waals surface area contributed by atoms with E-state index in [-0.39, 0.29) is 0 Å². The maximum absolute atomic E-state index is 5.55. The van der Waals surface area contributed by atoms with Gasteiger partial charge in [0.2, 0.25) is 5.95 Å². The average Bonchev–Trinajstić information content (AvgIpc) is 3.08. The fourth-order valence-electron chi connectivity index (χ4n) is 4.45. The Morgan fingerprint density at radius 3 is 2.42 bits per heavy atom. The molecule has 2 aromatic rings. The lowest BCUT2D eigenvalue weighted by molar-refractivity contribution is 0.481. The summed E-state index contributed by atoms with van der Waals surface area (Å²) in [7, 11) is 0. The molecule has 0 radical (unpaired) electrons. The molecule has 2 fully saturated rings. The molecule has 6 nitrogen and oxygen atoms in total. The van der Waals surface area contributed by atoms with Crippen LogP contribution >= 0.6 is 12.2 Å². The number of aromatic nitrogens is 2. The van der Waals surface area contributed by atoms with Crippen LogP contribution in [0.5, 0.6) is 0 Å². The van der Waals surface area contributed by atoms with Crippen LogP contribution < -0.4 is 20.4 Å². The lowest BCUT2D eigenvalue weighted by atomic mass is 10.0. The standard InChI is InChI=1S/C24H34N6S/c1-19-11-7-10-16-30(19)22-17-21(29-14-8-2-3-9-15-29)26-23(27-22)28-24(31)25-18-20-12-5-4-6-13-20/h4-6,12-13,17,19H,2-3,7-11,14-16,18H2,1H3,(H2,25,26,27,28,31). The molecule has 0 saturated carbocycles. The lowest BCUT2D eigenvalue weighted by Crippen LogP contribution is -2.38. The van der Waals surface area contributed by atoms with Gasteiger partial charge in [-0.05, 0) is 56.8 Å². The first kappa shape index (κ1) is 21.8. The van der Waals surface area contributed by atoms with Crippen LogP contribution in [0.4, 0.5) is 17.6 Å². The van der Waals surface area contributed by atoms with Crippen molar-refractivity contribution >= 4 is 34.9 Å². The summed E-state index contributed by atoms with van der Waals surface area (Å²) in [5.41, 5.74) is 1.19. The summed E-state index contributed by atoms with van der Waals surface area (Å²) in [6.45, 7) is 6.14. The summed E-state index contributed by atoms with van der Waals surface area (Å²) in [5, 5.41) is 7.07. The van der Waals surface area contributed by atoms with Crippen molar-refractivity contribution in [3.05, 3.63) is 42.0 Å². The molecular weight excluding hydrogens is 404 g/mol. The molecule has 0 aliphatic carbocycles. The molecule has 1 atom stereocenters. The van der Waals surface area contributed by atoms with Crippen LogP contribution in [0.3, 0.4) is 0 Å². The fraction of sp³-hybridized carbons (Fsp3) is 0.542. The summed E-state index contributed by atoms with van der Waals surface area (Å²) < 4.78 is 0. The Balaban J connectivity index is 1.52. The van der Waals surface area contributed by atoms with Crippen LogP contribution in [-0.4, -0.2) is 40.8 Å². The van der Waals surface area contributed by atoms with E-state index < -0.39 is 0 Å². The highest BCUT2D eigenvalue weighted by atomic mass is 32.1. The van der Waals surface area contributed by atoms with Gasteiger partial charge in [-0.15, -0.1) is 0 Å². The molecule has 2 saturated heterocycles. The molecule has 2 N–H and O–H groups in total. The van der Waals surface area contributed by atoms with Crippen LogP contribution in [0.25, 0.3) is 0 Å². The van der Waals surface area contributed by atoms with E-state index in [9.17, 15) is 0 Å². The SMILES string of the molecule is CC1CCCCN1c1cc(N2CCCCCC2)nc(NC(=S)NCc2ccccc2)n1. The van der Waals surface area contributed by atoms with Gasteiger partial charge in [0.15, 0.2) is 5.11 Å². The van der Waals surface area contributed by atoms with Gasteiger partial charge in [-0.2, -0.15) is 9.97 Å². The number of nitrogens with zero attached hydrogens (tertiary/aromatic N) is 4.